The van der Waals surface area contributed by atoms with E-state index < -0.39 is 0 Å². The molecule has 0 aliphatic carbocycles. The highest BCUT2D eigenvalue weighted by Gasteiger charge is 2.21. The number of carbonyl (C=O) groups excluding carboxylic acids is 1. The first-order valence-electron chi connectivity index (χ1n) is 5.13. The molecule has 0 amide bonds. The number of hydrogen-bond acceptors (Lipinski definition) is 3. The van der Waals surface area contributed by atoms with Crippen LogP contribution in [0.15, 0.2) is 24.3 Å². The van der Waals surface area contributed by atoms with Gasteiger partial charge in [0, 0.05) is 6.42 Å². The molecule has 1 heterocycles. The molecule has 1 atom stereocenters. The van der Waals surface area contributed by atoms with Crippen molar-refractivity contribution in [2.75, 3.05) is 7.11 Å². The lowest BCUT2D eigenvalue weighted by Crippen LogP contribution is -2.16. The zero-order valence-corrected chi connectivity index (χ0v) is 8.73. The molecule has 3 heteroatoms. The molecule has 1 aliphatic rings. The van der Waals surface area contributed by atoms with Gasteiger partial charge in [0.25, 0.3) is 0 Å². The normalized spacial score (nSPS) is 20.9. The van der Waals surface area contributed by atoms with Crippen LogP contribution < -0.4 is 4.74 Å². The minimum Gasteiger partial charge on any atom is -0.497 e. The molecule has 1 fully saturated rings. The first kappa shape index (κ1) is 10.0. The van der Waals surface area contributed by atoms with Crippen LogP contribution in [0.4, 0.5) is 0 Å². The Bertz CT molecular complexity index is 342. The summed E-state index contributed by atoms with van der Waals surface area (Å²) in [4.78, 5) is 11.1. The maximum atomic E-state index is 11.1. The second kappa shape index (κ2) is 4.34. The van der Waals surface area contributed by atoms with Crippen molar-refractivity contribution < 1.29 is 14.3 Å². The molecule has 1 aromatic carbocycles. The molecule has 15 heavy (non-hydrogen) atoms. The largest absolute Gasteiger partial charge is 0.497 e. The molecule has 1 aliphatic heterocycles. The van der Waals surface area contributed by atoms with Gasteiger partial charge in [-0.3, -0.25) is 4.79 Å². The van der Waals surface area contributed by atoms with Crippen LogP contribution in [0.1, 0.15) is 30.9 Å². The number of ether oxygens (including phenoxy) is 2. The Kier molecular flexibility index (Phi) is 2.90. The summed E-state index contributed by atoms with van der Waals surface area (Å²) in [6.45, 7) is 0. The van der Waals surface area contributed by atoms with E-state index >= 15 is 0 Å². The summed E-state index contributed by atoms with van der Waals surface area (Å²) in [5.74, 6) is 0.725. The number of carbonyl (C=O) groups is 1. The third-order valence-corrected chi connectivity index (χ3v) is 2.61. The molecule has 0 radical (unpaired) electrons. The third kappa shape index (κ3) is 2.29. The van der Waals surface area contributed by atoms with Crippen molar-refractivity contribution in [1.29, 1.82) is 0 Å². The SMILES string of the molecule is COc1ccc(C2CCCC(=O)O2)cc1. The molecule has 2 rings (SSSR count). The monoisotopic (exact) mass is 206 g/mol. The topological polar surface area (TPSA) is 35.5 Å². The smallest absolute Gasteiger partial charge is 0.306 e. The third-order valence-electron chi connectivity index (χ3n) is 2.61. The highest BCUT2D eigenvalue weighted by Crippen LogP contribution is 2.29. The van der Waals surface area contributed by atoms with E-state index in [1.54, 1.807) is 7.11 Å². The minimum atomic E-state index is -0.0953. The lowest BCUT2D eigenvalue weighted by molar-refractivity contribution is -0.154. The Morgan fingerprint density at radius 1 is 1.33 bits per heavy atom. The highest BCUT2D eigenvalue weighted by atomic mass is 16.5. The Morgan fingerprint density at radius 3 is 2.67 bits per heavy atom. The van der Waals surface area contributed by atoms with Crippen molar-refractivity contribution in [1.82, 2.24) is 0 Å². The molecule has 0 aromatic heterocycles. The van der Waals surface area contributed by atoms with Gasteiger partial charge in [0.1, 0.15) is 11.9 Å². The molecule has 1 aromatic rings. The Labute approximate surface area is 89.0 Å². The van der Waals surface area contributed by atoms with Gasteiger partial charge in [-0.2, -0.15) is 0 Å². The fourth-order valence-electron chi connectivity index (χ4n) is 1.76. The van der Waals surface area contributed by atoms with Gasteiger partial charge in [-0.15, -0.1) is 0 Å². The second-order valence-corrected chi connectivity index (χ2v) is 3.64. The number of benzene rings is 1. The van der Waals surface area contributed by atoms with E-state index in [1.165, 1.54) is 0 Å². The van der Waals surface area contributed by atoms with E-state index in [0.717, 1.165) is 24.2 Å². The Balaban J connectivity index is 2.11. The molecule has 3 nitrogen and oxygen atoms in total. The Hall–Kier alpha value is -1.51. The number of esters is 1. The Morgan fingerprint density at radius 2 is 2.07 bits per heavy atom. The van der Waals surface area contributed by atoms with Crippen LogP contribution in [0.3, 0.4) is 0 Å². The fraction of sp³-hybridized carbons (Fsp3) is 0.417. The maximum absolute atomic E-state index is 11.1. The van der Waals surface area contributed by atoms with Crippen molar-refractivity contribution in [2.24, 2.45) is 0 Å². The molecule has 80 valence electrons. The van der Waals surface area contributed by atoms with Crippen molar-refractivity contribution in [2.45, 2.75) is 25.4 Å². The molecule has 1 unspecified atom stereocenters. The summed E-state index contributed by atoms with van der Waals surface area (Å²) in [6, 6.07) is 7.67. The van der Waals surface area contributed by atoms with E-state index in [0.29, 0.717) is 6.42 Å². The zero-order valence-electron chi connectivity index (χ0n) is 8.73. The van der Waals surface area contributed by atoms with Crippen LogP contribution in [0.25, 0.3) is 0 Å². The quantitative estimate of drug-likeness (QED) is 0.697. The first-order valence-corrected chi connectivity index (χ1v) is 5.13. The van der Waals surface area contributed by atoms with E-state index in [2.05, 4.69) is 0 Å². The standard InChI is InChI=1S/C12H14O3/c1-14-10-7-5-9(6-8-10)11-3-2-4-12(13)15-11/h5-8,11H,2-4H2,1H3. The van der Waals surface area contributed by atoms with Crippen LogP contribution >= 0.6 is 0 Å². The van der Waals surface area contributed by atoms with Crippen LogP contribution in [-0.2, 0) is 9.53 Å². The molecule has 0 bridgehead atoms. The summed E-state index contributed by atoms with van der Waals surface area (Å²) < 4.78 is 10.3. The van der Waals surface area contributed by atoms with Crippen LogP contribution in [0.5, 0.6) is 5.75 Å². The van der Waals surface area contributed by atoms with Gasteiger partial charge in [0.2, 0.25) is 0 Å². The van der Waals surface area contributed by atoms with Crippen molar-refractivity contribution >= 4 is 5.97 Å². The number of methoxy groups -OCH3 is 1. The van der Waals surface area contributed by atoms with Crippen LogP contribution in [-0.4, -0.2) is 13.1 Å². The van der Waals surface area contributed by atoms with E-state index in [-0.39, 0.29) is 12.1 Å². The van der Waals surface area contributed by atoms with Crippen LogP contribution in [0.2, 0.25) is 0 Å². The summed E-state index contributed by atoms with van der Waals surface area (Å²) in [6.07, 6.45) is 2.30. The predicted octanol–water partition coefficient (Wildman–Crippen LogP) is 2.46. The summed E-state index contributed by atoms with van der Waals surface area (Å²) in [5, 5.41) is 0. The first-order chi connectivity index (χ1) is 7.29. The predicted molar refractivity (Wildman–Crippen MR) is 55.7 cm³/mol. The van der Waals surface area contributed by atoms with Crippen LogP contribution in [0, 0.1) is 0 Å². The second-order valence-electron chi connectivity index (χ2n) is 3.64. The average Bonchev–Trinajstić information content (AvgIpc) is 2.29. The fourth-order valence-corrected chi connectivity index (χ4v) is 1.76. The maximum Gasteiger partial charge on any atom is 0.306 e. The number of hydrogen-bond donors (Lipinski definition) is 0. The molecule has 1 saturated heterocycles. The van der Waals surface area contributed by atoms with E-state index in [1.807, 2.05) is 24.3 Å². The number of rotatable bonds is 2. The van der Waals surface area contributed by atoms with Gasteiger partial charge in [0.05, 0.1) is 7.11 Å². The summed E-state index contributed by atoms with van der Waals surface area (Å²) in [5.41, 5.74) is 1.05. The summed E-state index contributed by atoms with van der Waals surface area (Å²) in [7, 11) is 1.63. The molecular weight excluding hydrogens is 192 g/mol. The van der Waals surface area contributed by atoms with E-state index in [4.69, 9.17) is 9.47 Å². The molecule has 0 saturated carbocycles. The van der Waals surface area contributed by atoms with E-state index in [9.17, 15) is 4.79 Å². The lowest BCUT2D eigenvalue weighted by Gasteiger charge is -2.22. The van der Waals surface area contributed by atoms with Gasteiger partial charge >= 0.3 is 5.97 Å². The van der Waals surface area contributed by atoms with Crippen molar-refractivity contribution in [3.05, 3.63) is 29.8 Å². The van der Waals surface area contributed by atoms with Gasteiger partial charge in [-0.05, 0) is 30.5 Å². The van der Waals surface area contributed by atoms with Gasteiger partial charge < -0.3 is 9.47 Å². The van der Waals surface area contributed by atoms with Gasteiger partial charge in [0.15, 0.2) is 0 Å². The molecular formula is C12H14O3. The summed E-state index contributed by atoms with van der Waals surface area (Å²) >= 11 is 0. The molecule has 0 spiro atoms. The van der Waals surface area contributed by atoms with Gasteiger partial charge in [-0.1, -0.05) is 12.1 Å². The van der Waals surface area contributed by atoms with Crippen molar-refractivity contribution in [3.63, 3.8) is 0 Å². The van der Waals surface area contributed by atoms with Crippen molar-refractivity contribution in [3.8, 4) is 5.75 Å². The molecule has 0 N–H and O–H groups in total. The van der Waals surface area contributed by atoms with Gasteiger partial charge in [-0.25, -0.2) is 0 Å². The zero-order chi connectivity index (χ0) is 10.7. The minimum absolute atomic E-state index is 0.0721. The highest BCUT2D eigenvalue weighted by molar-refractivity contribution is 5.70. The lowest BCUT2D eigenvalue weighted by atomic mass is 10.0. The average molecular weight is 206 g/mol. The number of cyclic esters (lactones) is 1.